The minimum atomic E-state index is -1.43. The summed E-state index contributed by atoms with van der Waals surface area (Å²) in [7, 11) is 0. The zero-order chi connectivity index (χ0) is 19.0. The van der Waals surface area contributed by atoms with Gasteiger partial charge in [0.2, 0.25) is 5.60 Å². The number of amides is 1. The number of carbonyl (C=O) groups excluding carboxylic acids is 1. The Morgan fingerprint density at radius 3 is 2.46 bits per heavy atom. The first-order valence-electron chi connectivity index (χ1n) is 8.68. The number of aliphatic carboxylic acids is 1. The molecule has 1 aliphatic heterocycles. The lowest BCUT2D eigenvalue weighted by atomic mass is 9.76. The van der Waals surface area contributed by atoms with E-state index in [1.165, 1.54) is 0 Å². The number of benzene rings is 1. The maximum Gasteiger partial charge on any atom is 0.407 e. The number of hydrogen-bond donors (Lipinski definition) is 2. The van der Waals surface area contributed by atoms with E-state index in [0.717, 1.165) is 18.4 Å². The zero-order valence-electron chi connectivity index (χ0n) is 15.2. The van der Waals surface area contributed by atoms with E-state index >= 15 is 0 Å². The molecule has 1 aliphatic carbocycles. The SMILES string of the molecule is CC(C)(C)OC(=O)NCC1=NOC(C(=O)O)(C2(c3ccccc3)CC2)C1. The van der Waals surface area contributed by atoms with Crippen LogP contribution in [0, 0.1) is 0 Å². The number of alkyl carbamates (subject to hydrolysis) is 1. The van der Waals surface area contributed by atoms with E-state index in [9.17, 15) is 14.7 Å². The van der Waals surface area contributed by atoms with E-state index in [0.29, 0.717) is 5.71 Å². The van der Waals surface area contributed by atoms with Crippen LogP contribution in [-0.2, 0) is 19.8 Å². The summed E-state index contributed by atoms with van der Waals surface area (Å²) in [6, 6.07) is 9.54. The van der Waals surface area contributed by atoms with Gasteiger partial charge in [0, 0.05) is 11.8 Å². The highest BCUT2D eigenvalue weighted by molar-refractivity contribution is 5.97. The van der Waals surface area contributed by atoms with Gasteiger partial charge in [-0.3, -0.25) is 0 Å². The van der Waals surface area contributed by atoms with Gasteiger partial charge in [-0.05, 0) is 39.2 Å². The van der Waals surface area contributed by atoms with Crippen molar-refractivity contribution in [2.75, 3.05) is 6.54 Å². The largest absolute Gasteiger partial charge is 0.478 e. The molecule has 0 spiro atoms. The first-order chi connectivity index (χ1) is 12.2. The average Bonchev–Trinajstić information content (AvgIpc) is 3.26. The second kappa shape index (κ2) is 6.30. The van der Waals surface area contributed by atoms with Crippen LogP contribution >= 0.6 is 0 Å². The van der Waals surface area contributed by atoms with Crippen molar-refractivity contribution >= 4 is 17.8 Å². The molecule has 140 valence electrons. The molecule has 0 saturated heterocycles. The molecule has 0 radical (unpaired) electrons. The molecule has 7 nitrogen and oxygen atoms in total. The summed E-state index contributed by atoms with van der Waals surface area (Å²) in [5.74, 6) is -1.03. The van der Waals surface area contributed by atoms with Crippen molar-refractivity contribution < 1.29 is 24.3 Å². The average molecular weight is 360 g/mol. The van der Waals surface area contributed by atoms with Gasteiger partial charge in [0.1, 0.15) is 5.60 Å². The fourth-order valence-corrected chi connectivity index (χ4v) is 3.46. The maximum absolute atomic E-state index is 12.1. The molecular formula is C19H24N2O5. The Bertz CT molecular complexity index is 734. The van der Waals surface area contributed by atoms with Crippen molar-refractivity contribution in [1.29, 1.82) is 0 Å². The van der Waals surface area contributed by atoms with Crippen molar-refractivity contribution in [3.63, 3.8) is 0 Å². The molecule has 1 aromatic rings. The van der Waals surface area contributed by atoms with Crippen LogP contribution in [0.3, 0.4) is 0 Å². The van der Waals surface area contributed by atoms with Gasteiger partial charge >= 0.3 is 12.1 Å². The van der Waals surface area contributed by atoms with Crippen molar-refractivity contribution in [3.8, 4) is 0 Å². The molecule has 1 heterocycles. The number of hydrogen-bond acceptors (Lipinski definition) is 5. The molecule has 0 aromatic heterocycles. The fraction of sp³-hybridized carbons (Fsp3) is 0.526. The number of nitrogens with one attached hydrogen (secondary N) is 1. The summed E-state index contributed by atoms with van der Waals surface area (Å²) in [4.78, 5) is 29.5. The summed E-state index contributed by atoms with van der Waals surface area (Å²) in [5.41, 5.74) is -1.19. The predicted molar refractivity (Wildman–Crippen MR) is 95.1 cm³/mol. The first kappa shape index (κ1) is 18.2. The highest BCUT2D eigenvalue weighted by Crippen LogP contribution is 2.59. The Hall–Kier alpha value is -2.57. The van der Waals surface area contributed by atoms with Crippen molar-refractivity contribution in [2.45, 2.75) is 56.7 Å². The van der Waals surface area contributed by atoms with Crippen molar-refractivity contribution in [3.05, 3.63) is 35.9 Å². The topological polar surface area (TPSA) is 97.2 Å². The molecule has 2 N–H and O–H groups in total. The van der Waals surface area contributed by atoms with Crippen LogP contribution in [0.25, 0.3) is 0 Å². The number of carboxylic acids is 1. The number of rotatable bonds is 5. The third-order valence-electron chi connectivity index (χ3n) is 4.81. The molecule has 7 heteroatoms. The van der Waals surface area contributed by atoms with Gasteiger partial charge in [-0.25, -0.2) is 9.59 Å². The summed E-state index contributed by atoms with van der Waals surface area (Å²) in [6.07, 6.45) is 1.02. The highest BCUT2D eigenvalue weighted by atomic mass is 16.7. The Labute approximate surface area is 152 Å². The number of oxime groups is 1. The van der Waals surface area contributed by atoms with Gasteiger partial charge in [0.05, 0.1) is 12.3 Å². The number of ether oxygens (including phenoxy) is 1. The van der Waals surface area contributed by atoms with Crippen LogP contribution in [0.2, 0.25) is 0 Å². The first-order valence-corrected chi connectivity index (χ1v) is 8.68. The van der Waals surface area contributed by atoms with Gasteiger partial charge in [-0.15, -0.1) is 0 Å². The van der Waals surface area contributed by atoms with Crippen LogP contribution in [0.4, 0.5) is 4.79 Å². The summed E-state index contributed by atoms with van der Waals surface area (Å²) in [5, 5.41) is 16.5. The van der Waals surface area contributed by atoms with Crippen LogP contribution in [0.1, 0.15) is 45.6 Å². The highest BCUT2D eigenvalue weighted by Gasteiger charge is 2.69. The van der Waals surface area contributed by atoms with E-state index in [2.05, 4.69) is 10.5 Å². The molecule has 1 fully saturated rings. The Morgan fingerprint density at radius 1 is 1.27 bits per heavy atom. The third kappa shape index (κ3) is 3.25. The van der Waals surface area contributed by atoms with E-state index in [1.54, 1.807) is 20.8 Å². The molecule has 1 amide bonds. The molecule has 1 saturated carbocycles. The van der Waals surface area contributed by atoms with Gasteiger partial charge in [-0.1, -0.05) is 35.5 Å². The molecule has 0 bridgehead atoms. The lowest BCUT2D eigenvalue weighted by molar-refractivity contribution is -0.167. The molecule has 26 heavy (non-hydrogen) atoms. The van der Waals surface area contributed by atoms with Crippen LogP contribution in [0.15, 0.2) is 35.5 Å². The summed E-state index contributed by atoms with van der Waals surface area (Å²) in [6.45, 7) is 5.41. The van der Waals surface area contributed by atoms with Crippen molar-refractivity contribution in [2.24, 2.45) is 5.16 Å². The van der Waals surface area contributed by atoms with Gasteiger partial charge in [0.25, 0.3) is 0 Å². The van der Waals surface area contributed by atoms with E-state index in [-0.39, 0.29) is 13.0 Å². The molecule has 1 unspecified atom stereocenters. The Morgan fingerprint density at radius 2 is 1.92 bits per heavy atom. The number of nitrogens with zero attached hydrogens (tertiary/aromatic N) is 1. The van der Waals surface area contributed by atoms with Crippen LogP contribution in [0.5, 0.6) is 0 Å². The van der Waals surface area contributed by atoms with Gasteiger partial charge in [0.15, 0.2) is 0 Å². The summed E-state index contributed by atoms with van der Waals surface area (Å²) < 4.78 is 5.18. The van der Waals surface area contributed by atoms with Crippen LogP contribution < -0.4 is 5.32 Å². The minimum absolute atomic E-state index is 0.0921. The van der Waals surface area contributed by atoms with E-state index in [1.807, 2.05) is 30.3 Å². The molecular weight excluding hydrogens is 336 g/mol. The standard InChI is InChI=1S/C19H24N2O5/c1-17(2,3)25-16(24)20-12-14-11-19(15(22)23,26-21-14)18(9-10-18)13-7-5-4-6-8-13/h4-8H,9-12H2,1-3H3,(H,20,24)(H,22,23). The molecule has 2 aliphatic rings. The van der Waals surface area contributed by atoms with Crippen LogP contribution in [-0.4, -0.2) is 40.6 Å². The predicted octanol–water partition coefficient (Wildman–Crippen LogP) is 2.84. The second-order valence-electron chi connectivity index (χ2n) is 7.86. The zero-order valence-corrected chi connectivity index (χ0v) is 15.2. The number of carbonyl (C=O) groups is 2. The quantitative estimate of drug-likeness (QED) is 0.841. The lowest BCUT2D eigenvalue weighted by Gasteiger charge is -2.31. The Balaban J connectivity index is 1.71. The monoisotopic (exact) mass is 360 g/mol. The maximum atomic E-state index is 12.1. The molecule has 1 aromatic carbocycles. The van der Waals surface area contributed by atoms with E-state index in [4.69, 9.17) is 9.57 Å². The Kier molecular flexibility index (Phi) is 4.42. The lowest BCUT2D eigenvalue weighted by Crippen LogP contribution is -2.50. The smallest absolute Gasteiger partial charge is 0.407 e. The second-order valence-corrected chi connectivity index (χ2v) is 7.86. The van der Waals surface area contributed by atoms with Crippen molar-refractivity contribution in [1.82, 2.24) is 5.32 Å². The van der Waals surface area contributed by atoms with E-state index < -0.39 is 28.7 Å². The number of carboxylic acid groups (broad SMARTS) is 1. The molecule has 3 rings (SSSR count). The molecule has 1 atom stereocenters. The summed E-state index contributed by atoms with van der Waals surface area (Å²) >= 11 is 0. The van der Waals surface area contributed by atoms with Gasteiger partial charge in [-0.2, -0.15) is 0 Å². The third-order valence-corrected chi connectivity index (χ3v) is 4.81. The van der Waals surface area contributed by atoms with Gasteiger partial charge < -0.3 is 20.0 Å². The minimum Gasteiger partial charge on any atom is -0.478 e. The fourth-order valence-electron chi connectivity index (χ4n) is 3.46. The normalized spacial score (nSPS) is 23.6.